The fourth-order valence-corrected chi connectivity index (χ4v) is 5.57. The third-order valence-corrected chi connectivity index (χ3v) is 8.00. The number of hydrogen-bond donors (Lipinski definition) is 1. The Labute approximate surface area is 219 Å². The molecule has 2 amide bonds. The normalized spacial score (nSPS) is 14.8. The van der Waals surface area contributed by atoms with Gasteiger partial charge in [-0.25, -0.2) is 0 Å². The Morgan fingerprint density at radius 1 is 1.03 bits per heavy atom. The second-order valence-electron chi connectivity index (χ2n) is 8.16. The molecule has 0 spiro atoms. The Hall–Kier alpha value is -1.11. The van der Waals surface area contributed by atoms with E-state index < -0.39 is 6.04 Å². The van der Waals surface area contributed by atoms with Crippen LogP contribution in [-0.2, 0) is 21.9 Å². The average Bonchev–Trinajstić information content (AvgIpc) is 3.28. The molecular formula is C24H26Cl4N2O2S. The van der Waals surface area contributed by atoms with Crippen LogP contribution in [0.3, 0.4) is 0 Å². The minimum Gasteiger partial charge on any atom is -0.352 e. The zero-order chi connectivity index (χ0) is 24.0. The third-order valence-electron chi connectivity index (χ3n) is 5.70. The largest absolute Gasteiger partial charge is 0.352 e. The summed E-state index contributed by atoms with van der Waals surface area (Å²) in [6.45, 7) is 2.03. The van der Waals surface area contributed by atoms with Gasteiger partial charge in [0.05, 0.1) is 15.8 Å². The molecule has 1 fully saturated rings. The van der Waals surface area contributed by atoms with Crippen molar-refractivity contribution < 1.29 is 9.59 Å². The molecular weight excluding hydrogens is 522 g/mol. The molecule has 0 heterocycles. The smallest absolute Gasteiger partial charge is 0.242 e. The SMILES string of the molecule is C[C@@H](C(=O)NC1CCCC1)N(Cc1ccc(Cl)c(Cl)c1)C(=O)CSCc1ccc(Cl)cc1Cl. The molecule has 0 aromatic heterocycles. The van der Waals surface area contributed by atoms with Gasteiger partial charge in [-0.15, -0.1) is 11.8 Å². The maximum atomic E-state index is 13.2. The molecule has 0 saturated heterocycles. The summed E-state index contributed by atoms with van der Waals surface area (Å²) in [4.78, 5) is 27.8. The van der Waals surface area contributed by atoms with E-state index in [1.54, 1.807) is 36.1 Å². The Morgan fingerprint density at radius 3 is 2.42 bits per heavy atom. The van der Waals surface area contributed by atoms with E-state index in [1.807, 2.05) is 12.1 Å². The first-order valence-corrected chi connectivity index (χ1v) is 13.5. The Balaban J connectivity index is 1.69. The van der Waals surface area contributed by atoms with Crippen LogP contribution in [0.4, 0.5) is 0 Å². The van der Waals surface area contributed by atoms with E-state index in [0.717, 1.165) is 36.8 Å². The van der Waals surface area contributed by atoms with Crippen LogP contribution in [0, 0.1) is 0 Å². The lowest BCUT2D eigenvalue weighted by Crippen LogP contribution is -2.50. The van der Waals surface area contributed by atoms with Gasteiger partial charge in [0, 0.05) is 28.4 Å². The average molecular weight is 548 g/mol. The van der Waals surface area contributed by atoms with Gasteiger partial charge in [-0.3, -0.25) is 9.59 Å². The van der Waals surface area contributed by atoms with Crippen molar-refractivity contribution in [1.29, 1.82) is 0 Å². The van der Waals surface area contributed by atoms with E-state index in [1.165, 1.54) is 11.8 Å². The Bertz CT molecular complexity index is 998. The van der Waals surface area contributed by atoms with Crippen molar-refractivity contribution in [2.24, 2.45) is 0 Å². The van der Waals surface area contributed by atoms with Gasteiger partial charge < -0.3 is 10.2 Å². The van der Waals surface area contributed by atoms with Crippen molar-refractivity contribution in [3.63, 3.8) is 0 Å². The van der Waals surface area contributed by atoms with Crippen LogP contribution in [0.2, 0.25) is 20.1 Å². The first-order valence-electron chi connectivity index (χ1n) is 10.8. The molecule has 0 radical (unpaired) electrons. The second kappa shape index (κ2) is 12.6. The van der Waals surface area contributed by atoms with Crippen LogP contribution in [0.15, 0.2) is 36.4 Å². The van der Waals surface area contributed by atoms with Crippen LogP contribution in [0.1, 0.15) is 43.7 Å². The van der Waals surface area contributed by atoms with Gasteiger partial charge in [0.15, 0.2) is 0 Å². The maximum absolute atomic E-state index is 13.2. The molecule has 33 heavy (non-hydrogen) atoms. The third kappa shape index (κ3) is 7.69. The van der Waals surface area contributed by atoms with E-state index in [9.17, 15) is 9.59 Å². The summed E-state index contributed by atoms with van der Waals surface area (Å²) in [6.07, 6.45) is 4.21. The molecule has 0 unspecified atom stereocenters. The van der Waals surface area contributed by atoms with Crippen molar-refractivity contribution in [3.05, 3.63) is 67.6 Å². The van der Waals surface area contributed by atoms with Crippen LogP contribution in [0.5, 0.6) is 0 Å². The van der Waals surface area contributed by atoms with Gasteiger partial charge in [-0.05, 0) is 55.2 Å². The number of nitrogens with zero attached hydrogens (tertiary/aromatic N) is 1. The second-order valence-corrected chi connectivity index (χ2v) is 10.8. The van der Waals surface area contributed by atoms with Gasteiger partial charge >= 0.3 is 0 Å². The molecule has 2 aromatic rings. The number of rotatable bonds is 9. The van der Waals surface area contributed by atoms with E-state index in [-0.39, 0.29) is 30.2 Å². The molecule has 178 valence electrons. The van der Waals surface area contributed by atoms with Crippen molar-refractivity contribution in [2.75, 3.05) is 5.75 Å². The summed E-state index contributed by atoms with van der Waals surface area (Å²) in [5.41, 5.74) is 1.71. The van der Waals surface area contributed by atoms with Gasteiger partial charge in [0.2, 0.25) is 11.8 Å². The van der Waals surface area contributed by atoms with E-state index in [2.05, 4.69) is 5.32 Å². The molecule has 1 atom stereocenters. The predicted octanol–water partition coefficient (Wildman–Crippen LogP) is 7.01. The minimum absolute atomic E-state index is 0.134. The summed E-state index contributed by atoms with van der Waals surface area (Å²) in [5, 5.41) is 5.09. The molecule has 3 rings (SSSR count). The molecule has 1 aliphatic carbocycles. The number of hydrogen-bond acceptors (Lipinski definition) is 3. The highest BCUT2D eigenvalue weighted by molar-refractivity contribution is 7.99. The summed E-state index contributed by atoms with van der Waals surface area (Å²) in [6, 6.07) is 10.1. The van der Waals surface area contributed by atoms with Gasteiger partial charge in [-0.2, -0.15) is 0 Å². The topological polar surface area (TPSA) is 49.4 Å². The summed E-state index contributed by atoms with van der Waals surface area (Å²) in [7, 11) is 0. The lowest BCUT2D eigenvalue weighted by molar-refractivity contribution is -0.138. The summed E-state index contributed by atoms with van der Waals surface area (Å²) in [5.74, 6) is 0.498. The minimum atomic E-state index is -0.618. The summed E-state index contributed by atoms with van der Waals surface area (Å²) >= 11 is 25.9. The molecule has 1 saturated carbocycles. The lowest BCUT2D eigenvalue weighted by atomic mass is 10.1. The number of nitrogens with one attached hydrogen (secondary N) is 1. The fraction of sp³-hybridized carbons (Fsp3) is 0.417. The number of thioether (sulfide) groups is 1. The van der Waals surface area contributed by atoms with Crippen LogP contribution in [0.25, 0.3) is 0 Å². The highest BCUT2D eigenvalue weighted by Crippen LogP contribution is 2.26. The number of benzene rings is 2. The lowest BCUT2D eigenvalue weighted by Gasteiger charge is -2.30. The van der Waals surface area contributed by atoms with Crippen molar-refractivity contribution in [1.82, 2.24) is 10.2 Å². The zero-order valence-corrected chi connectivity index (χ0v) is 22.1. The first-order chi connectivity index (χ1) is 15.7. The van der Waals surface area contributed by atoms with Crippen LogP contribution >= 0.6 is 58.2 Å². The molecule has 1 N–H and O–H groups in total. The molecule has 2 aromatic carbocycles. The summed E-state index contributed by atoms with van der Waals surface area (Å²) < 4.78 is 0. The van der Waals surface area contributed by atoms with Gasteiger partial charge in [-0.1, -0.05) is 71.4 Å². The molecule has 1 aliphatic rings. The van der Waals surface area contributed by atoms with Crippen LogP contribution < -0.4 is 5.32 Å². The van der Waals surface area contributed by atoms with Crippen molar-refractivity contribution >= 4 is 70.0 Å². The highest BCUT2D eigenvalue weighted by atomic mass is 35.5. The quantitative estimate of drug-likeness (QED) is 0.367. The Morgan fingerprint density at radius 2 is 1.76 bits per heavy atom. The van der Waals surface area contributed by atoms with E-state index >= 15 is 0 Å². The molecule has 0 bridgehead atoms. The number of carbonyl (C=O) groups excluding carboxylic acids is 2. The Kier molecular flexibility index (Phi) is 10.1. The molecule has 4 nitrogen and oxygen atoms in total. The standard InChI is InChI=1S/C24H26Cl4N2O2S/c1-15(24(32)29-19-4-2-3-5-19)30(12-16-6-9-20(26)22(28)10-16)23(31)14-33-13-17-7-8-18(25)11-21(17)27/h6-11,15,19H,2-5,12-14H2,1H3,(H,29,32)/t15-/m0/s1. The van der Waals surface area contributed by atoms with Crippen LogP contribution in [-0.4, -0.2) is 34.6 Å². The number of carbonyl (C=O) groups is 2. The number of amides is 2. The van der Waals surface area contributed by atoms with Gasteiger partial charge in [0.25, 0.3) is 0 Å². The number of halogens is 4. The van der Waals surface area contributed by atoms with Crippen molar-refractivity contribution in [2.45, 2.75) is 57.0 Å². The highest BCUT2D eigenvalue weighted by Gasteiger charge is 2.28. The fourth-order valence-electron chi connectivity index (χ4n) is 3.78. The first kappa shape index (κ1) is 26.5. The maximum Gasteiger partial charge on any atom is 0.242 e. The molecule has 0 aliphatic heterocycles. The van der Waals surface area contributed by atoms with Crippen molar-refractivity contribution in [3.8, 4) is 0 Å². The monoisotopic (exact) mass is 546 g/mol. The van der Waals surface area contributed by atoms with E-state index in [4.69, 9.17) is 46.4 Å². The molecule has 9 heteroatoms. The van der Waals surface area contributed by atoms with E-state index in [0.29, 0.717) is 25.8 Å². The van der Waals surface area contributed by atoms with Gasteiger partial charge in [0.1, 0.15) is 6.04 Å². The zero-order valence-electron chi connectivity index (χ0n) is 18.3. The predicted molar refractivity (Wildman–Crippen MR) is 139 cm³/mol.